The third-order valence-corrected chi connectivity index (χ3v) is 7.18. The Hall–Kier alpha value is -2.91. The Kier molecular flexibility index (Phi) is 9.41. The maximum absolute atomic E-state index is 14.1. The molecule has 226 valence electrons. The van der Waals surface area contributed by atoms with Gasteiger partial charge in [-0.1, -0.05) is 12.1 Å². The number of anilines is 1. The average molecular weight is 593 g/mol. The van der Waals surface area contributed by atoms with Crippen molar-refractivity contribution < 1.29 is 58.9 Å². The summed E-state index contributed by atoms with van der Waals surface area (Å²) in [7, 11) is 0. The minimum Gasteiger partial charge on any atom is -0.481 e. The molecule has 2 N–H and O–H groups in total. The van der Waals surface area contributed by atoms with Crippen LogP contribution in [0.25, 0.3) is 0 Å². The maximum atomic E-state index is 14.1. The zero-order valence-electron chi connectivity index (χ0n) is 21.1. The maximum Gasteiger partial charge on any atom is 0.434 e. The molecular formula is C24H28F9N3O4. The van der Waals surface area contributed by atoms with E-state index in [1.807, 2.05) is 4.90 Å². The van der Waals surface area contributed by atoms with Crippen LogP contribution in [0, 0.1) is 0 Å². The lowest BCUT2D eigenvalue weighted by Crippen LogP contribution is -2.54. The van der Waals surface area contributed by atoms with Gasteiger partial charge in [0.25, 0.3) is 6.10 Å². The Bertz CT molecular complexity index is 1040. The quantitative estimate of drug-likeness (QED) is 0.283. The molecule has 2 aliphatic heterocycles. The number of hydrogen-bond donors (Lipinski definition) is 2. The molecule has 0 atom stereocenters. The highest BCUT2D eigenvalue weighted by Crippen LogP contribution is 2.43. The van der Waals surface area contributed by atoms with Crippen LogP contribution in [0.2, 0.25) is 0 Å². The van der Waals surface area contributed by atoms with Gasteiger partial charge < -0.3 is 20.1 Å². The molecular weight excluding hydrogens is 565 g/mol. The van der Waals surface area contributed by atoms with Crippen molar-refractivity contribution >= 4 is 17.7 Å². The fourth-order valence-corrected chi connectivity index (χ4v) is 5.29. The van der Waals surface area contributed by atoms with Gasteiger partial charge in [0, 0.05) is 43.8 Å². The monoisotopic (exact) mass is 593 g/mol. The van der Waals surface area contributed by atoms with Crippen LogP contribution in [0.15, 0.2) is 18.2 Å². The summed E-state index contributed by atoms with van der Waals surface area (Å²) in [5.74, 6) is -1.08. The summed E-state index contributed by atoms with van der Waals surface area (Å²) >= 11 is 0. The normalized spacial score (nSPS) is 18.4. The molecule has 0 aromatic heterocycles. The van der Waals surface area contributed by atoms with Gasteiger partial charge in [0.2, 0.25) is 0 Å². The number of rotatable bonds is 8. The summed E-state index contributed by atoms with van der Waals surface area (Å²) < 4.78 is 123. The van der Waals surface area contributed by atoms with E-state index in [2.05, 4.69) is 10.1 Å². The SMILES string of the molecule is O=C(O)CCCNc1cccc(CN2CCCC23CCN(C(=O)OC(C(F)(F)F)C(F)(F)F)CC3)c1C(F)(F)F. The van der Waals surface area contributed by atoms with Crippen LogP contribution < -0.4 is 5.32 Å². The Morgan fingerprint density at radius 3 is 2.15 bits per heavy atom. The number of alkyl halides is 9. The molecule has 1 amide bonds. The standard InChI is InChI=1S/C24H28F9N3O4/c25-22(26,27)18-15(4-1-5-16(18)34-10-2-6-17(37)38)14-36-11-3-7-21(36)8-12-35(13-9-21)20(39)40-19(23(28,29)30)24(31,32)33/h1,4-5,19,34H,2-3,6-14H2,(H,37,38). The van der Waals surface area contributed by atoms with E-state index in [4.69, 9.17) is 5.11 Å². The van der Waals surface area contributed by atoms with Crippen LogP contribution in [0.3, 0.4) is 0 Å². The van der Waals surface area contributed by atoms with Crippen LogP contribution in [-0.2, 0) is 22.3 Å². The molecule has 2 fully saturated rings. The van der Waals surface area contributed by atoms with E-state index in [-0.39, 0.29) is 63.1 Å². The van der Waals surface area contributed by atoms with Gasteiger partial charge >= 0.3 is 30.6 Å². The molecule has 3 rings (SSSR count). The van der Waals surface area contributed by atoms with Crippen LogP contribution >= 0.6 is 0 Å². The number of carbonyl (C=O) groups is 2. The first-order valence-corrected chi connectivity index (χ1v) is 12.4. The number of nitrogens with one attached hydrogen (secondary N) is 1. The molecule has 16 heteroatoms. The van der Waals surface area contributed by atoms with Crippen molar-refractivity contribution in [1.29, 1.82) is 0 Å². The first-order valence-electron chi connectivity index (χ1n) is 12.4. The predicted molar refractivity (Wildman–Crippen MR) is 122 cm³/mol. The second-order valence-electron chi connectivity index (χ2n) is 9.85. The highest BCUT2D eigenvalue weighted by atomic mass is 19.4. The van der Waals surface area contributed by atoms with E-state index < -0.39 is 47.8 Å². The van der Waals surface area contributed by atoms with Gasteiger partial charge in [0.1, 0.15) is 0 Å². The smallest absolute Gasteiger partial charge is 0.434 e. The number of carboxylic acid groups (broad SMARTS) is 1. The number of piperidine rings is 1. The Labute approximate surface area is 223 Å². The van der Waals surface area contributed by atoms with Crippen LogP contribution in [0.1, 0.15) is 49.7 Å². The molecule has 0 bridgehead atoms. The lowest BCUT2D eigenvalue weighted by atomic mass is 9.84. The number of carbonyl (C=O) groups excluding carboxylic acids is 1. The number of carboxylic acids is 1. The Balaban J connectivity index is 1.71. The number of hydrogen-bond acceptors (Lipinski definition) is 5. The summed E-state index contributed by atoms with van der Waals surface area (Å²) in [5.41, 5.74) is -1.85. The molecule has 2 heterocycles. The second-order valence-corrected chi connectivity index (χ2v) is 9.85. The van der Waals surface area contributed by atoms with Crippen molar-refractivity contribution in [3.8, 4) is 0 Å². The van der Waals surface area contributed by atoms with Gasteiger partial charge in [-0.05, 0) is 50.3 Å². The molecule has 7 nitrogen and oxygen atoms in total. The first-order chi connectivity index (χ1) is 18.4. The van der Waals surface area contributed by atoms with Crippen LogP contribution in [0.4, 0.5) is 50.0 Å². The summed E-state index contributed by atoms with van der Waals surface area (Å²) in [6.45, 7) is -0.178. The minimum atomic E-state index is -5.84. The van der Waals surface area contributed by atoms with Gasteiger partial charge in [0.15, 0.2) is 0 Å². The molecule has 1 spiro atoms. The van der Waals surface area contributed by atoms with Crippen molar-refractivity contribution in [2.45, 2.75) is 75.2 Å². The molecule has 2 saturated heterocycles. The predicted octanol–water partition coefficient (Wildman–Crippen LogP) is 6.04. The molecule has 0 saturated carbocycles. The zero-order chi connectivity index (χ0) is 29.9. The lowest BCUT2D eigenvalue weighted by molar-refractivity contribution is -0.308. The number of amides is 1. The van der Waals surface area contributed by atoms with Crippen LogP contribution in [-0.4, -0.2) is 77.1 Å². The number of aliphatic carboxylic acids is 1. The number of likely N-dealkylation sites (tertiary alicyclic amines) is 2. The van der Waals surface area contributed by atoms with Crippen molar-refractivity contribution in [2.24, 2.45) is 0 Å². The molecule has 1 aromatic carbocycles. The molecule has 0 radical (unpaired) electrons. The largest absolute Gasteiger partial charge is 0.481 e. The highest BCUT2D eigenvalue weighted by molar-refractivity contribution is 5.68. The summed E-state index contributed by atoms with van der Waals surface area (Å²) in [5, 5.41) is 11.4. The van der Waals surface area contributed by atoms with Gasteiger partial charge in [0.05, 0.1) is 5.56 Å². The second kappa shape index (κ2) is 11.9. The third kappa shape index (κ3) is 7.63. The fourth-order valence-electron chi connectivity index (χ4n) is 5.29. The van der Waals surface area contributed by atoms with Crippen molar-refractivity contribution in [2.75, 3.05) is 31.5 Å². The van der Waals surface area contributed by atoms with Crippen molar-refractivity contribution in [3.63, 3.8) is 0 Å². The van der Waals surface area contributed by atoms with Gasteiger partial charge in [-0.3, -0.25) is 9.69 Å². The van der Waals surface area contributed by atoms with Gasteiger partial charge in [-0.2, -0.15) is 39.5 Å². The number of nitrogens with zero attached hydrogens (tertiary/aromatic N) is 2. The topological polar surface area (TPSA) is 82.1 Å². The lowest BCUT2D eigenvalue weighted by Gasteiger charge is -2.45. The third-order valence-electron chi connectivity index (χ3n) is 7.18. The summed E-state index contributed by atoms with van der Waals surface area (Å²) in [4.78, 5) is 25.4. The van der Waals surface area contributed by atoms with Gasteiger partial charge in [-0.25, -0.2) is 4.79 Å². The molecule has 2 aliphatic rings. The zero-order valence-corrected chi connectivity index (χ0v) is 21.1. The summed E-state index contributed by atoms with van der Waals surface area (Å²) in [6, 6.07) is 3.99. The van der Waals surface area contributed by atoms with Crippen molar-refractivity contribution in [3.05, 3.63) is 29.3 Å². The van der Waals surface area contributed by atoms with E-state index in [1.54, 1.807) is 0 Å². The van der Waals surface area contributed by atoms with Crippen molar-refractivity contribution in [1.82, 2.24) is 9.80 Å². The number of ether oxygens (including phenoxy) is 1. The highest BCUT2D eigenvalue weighted by Gasteiger charge is 2.60. The first kappa shape index (κ1) is 31.6. The average Bonchev–Trinajstić information content (AvgIpc) is 3.19. The number of benzene rings is 1. The van der Waals surface area contributed by atoms with E-state index in [9.17, 15) is 49.1 Å². The Morgan fingerprint density at radius 1 is 0.975 bits per heavy atom. The van der Waals surface area contributed by atoms with Crippen LogP contribution in [0.5, 0.6) is 0 Å². The molecule has 1 aromatic rings. The molecule has 40 heavy (non-hydrogen) atoms. The summed E-state index contributed by atoms with van der Waals surface area (Å²) in [6.07, 6.45) is -21.2. The van der Waals surface area contributed by atoms with E-state index in [1.165, 1.54) is 18.2 Å². The fraction of sp³-hybridized carbons (Fsp3) is 0.667. The Morgan fingerprint density at radius 2 is 1.60 bits per heavy atom. The molecule has 0 aliphatic carbocycles. The number of halogens is 9. The van der Waals surface area contributed by atoms with Gasteiger partial charge in [-0.15, -0.1) is 0 Å². The van der Waals surface area contributed by atoms with E-state index in [0.29, 0.717) is 19.4 Å². The van der Waals surface area contributed by atoms with E-state index >= 15 is 0 Å². The molecule has 0 unspecified atom stereocenters. The minimum absolute atomic E-state index is 0.00194. The van der Waals surface area contributed by atoms with E-state index in [0.717, 1.165) is 4.90 Å².